The number of likely N-dealkylation sites (N-methyl/N-ethyl adjacent to an activating group) is 1. The van der Waals surface area contributed by atoms with Gasteiger partial charge < -0.3 is 14.5 Å². The molecular weight excluding hydrogens is 348 g/mol. The highest BCUT2D eigenvalue weighted by Crippen LogP contribution is 2.29. The standard InChI is InChI=1S/C19H20N4O4/c1-3-27-19(26)16-13-7-9-23(18(25)15(13)20-21-16)12-5-4-11-6-8-22(2)17(24)14(11)10-12/h4-5,10H,3,6-9H2,1-2H3,(H,20,21). The molecule has 1 N–H and O–H groups in total. The first kappa shape index (κ1) is 17.3. The normalized spacial score (nSPS) is 16.2. The third-order valence-electron chi connectivity index (χ3n) is 5.08. The number of esters is 1. The average Bonchev–Trinajstić information content (AvgIpc) is 3.10. The second-order valence-corrected chi connectivity index (χ2v) is 6.67. The van der Waals surface area contributed by atoms with Gasteiger partial charge in [0.05, 0.1) is 6.61 Å². The number of nitrogens with one attached hydrogen (secondary N) is 1. The Labute approximate surface area is 156 Å². The Bertz CT molecular complexity index is 949. The Morgan fingerprint density at radius 2 is 2.04 bits per heavy atom. The van der Waals surface area contributed by atoms with Crippen LogP contribution in [0.1, 0.15) is 49.4 Å². The molecule has 2 amide bonds. The fraction of sp³-hybridized carbons (Fsp3) is 0.368. The molecule has 3 heterocycles. The van der Waals surface area contributed by atoms with E-state index in [1.807, 2.05) is 12.1 Å². The van der Waals surface area contributed by atoms with Crippen LogP contribution in [0, 0.1) is 0 Å². The zero-order valence-electron chi connectivity index (χ0n) is 15.2. The Morgan fingerprint density at radius 3 is 2.81 bits per heavy atom. The van der Waals surface area contributed by atoms with E-state index in [4.69, 9.17) is 4.74 Å². The fourth-order valence-electron chi connectivity index (χ4n) is 3.60. The Morgan fingerprint density at radius 1 is 1.22 bits per heavy atom. The summed E-state index contributed by atoms with van der Waals surface area (Å²) in [6.45, 7) is 3.07. The van der Waals surface area contributed by atoms with Crippen LogP contribution in [0.4, 0.5) is 5.69 Å². The number of ether oxygens (including phenoxy) is 1. The minimum atomic E-state index is -0.529. The van der Waals surface area contributed by atoms with Crippen molar-refractivity contribution in [2.45, 2.75) is 19.8 Å². The first-order valence-corrected chi connectivity index (χ1v) is 8.96. The highest BCUT2D eigenvalue weighted by atomic mass is 16.5. The molecule has 0 aliphatic carbocycles. The number of carbonyl (C=O) groups is 3. The third-order valence-corrected chi connectivity index (χ3v) is 5.08. The number of H-pyrrole nitrogens is 1. The van der Waals surface area contributed by atoms with E-state index in [2.05, 4.69) is 10.2 Å². The first-order valence-electron chi connectivity index (χ1n) is 8.96. The van der Waals surface area contributed by atoms with Crippen molar-refractivity contribution >= 4 is 23.5 Å². The van der Waals surface area contributed by atoms with Gasteiger partial charge >= 0.3 is 5.97 Å². The van der Waals surface area contributed by atoms with E-state index in [0.29, 0.717) is 42.0 Å². The number of fused-ring (bicyclic) bond motifs is 2. The number of rotatable bonds is 3. The molecule has 8 nitrogen and oxygen atoms in total. The molecule has 0 unspecified atom stereocenters. The van der Waals surface area contributed by atoms with Crippen molar-refractivity contribution in [2.24, 2.45) is 0 Å². The molecule has 2 aliphatic heterocycles. The van der Waals surface area contributed by atoms with Gasteiger partial charge in [0.15, 0.2) is 5.69 Å². The van der Waals surface area contributed by atoms with E-state index in [1.165, 1.54) is 0 Å². The van der Waals surface area contributed by atoms with Crippen molar-refractivity contribution in [3.8, 4) is 0 Å². The monoisotopic (exact) mass is 368 g/mol. The lowest BCUT2D eigenvalue weighted by Crippen LogP contribution is -2.39. The van der Waals surface area contributed by atoms with Crippen LogP contribution in [0.25, 0.3) is 0 Å². The second kappa shape index (κ2) is 6.53. The summed E-state index contributed by atoms with van der Waals surface area (Å²) in [6, 6.07) is 5.55. The van der Waals surface area contributed by atoms with Crippen molar-refractivity contribution in [3.63, 3.8) is 0 Å². The van der Waals surface area contributed by atoms with Crippen LogP contribution in [0.5, 0.6) is 0 Å². The number of aromatic amines is 1. The van der Waals surface area contributed by atoms with E-state index in [-0.39, 0.29) is 24.1 Å². The summed E-state index contributed by atoms with van der Waals surface area (Å²) in [6.07, 6.45) is 1.29. The molecule has 8 heteroatoms. The molecule has 0 bridgehead atoms. The van der Waals surface area contributed by atoms with Gasteiger partial charge in [0.2, 0.25) is 0 Å². The number of amides is 2. The molecule has 0 spiro atoms. The predicted molar refractivity (Wildman–Crippen MR) is 97.0 cm³/mol. The smallest absolute Gasteiger partial charge is 0.359 e. The molecule has 2 aliphatic rings. The molecule has 0 saturated heterocycles. The maximum atomic E-state index is 12.9. The first-order chi connectivity index (χ1) is 13.0. The molecule has 27 heavy (non-hydrogen) atoms. The Kier molecular flexibility index (Phi) is 4.18. The summed E-state index contributed by atoms with van der Waals surface area (Å²) in [5.74, 6) is -0.830. The van der Waals surface area contributed by atoms with Crippen molar-refractivity contribution < 1.29 is 19.1 Å². The number of anilines is 1. The molecule has 0 fully saturated rings. The zero-order valence-corrected chi connectivity index (χ0v) is 15.2. The highest BCUT2D eigenvalue weighted by Gasteiger charge is 2.33. The van der Waals surface area contributed by atoms with Crippen LogP contribution in [-0.4, -0.2) is 59.6 Å². The lowest BCUT2D eigenvalue weighted by Gasteiger charge is -2.29. The summed E-state index contributed by atoms with van der Waals surface area (Å²) in [5.41, 5.74) is 3.35. The third kappa shape index (κ3) is 2.77. The summed E-state index contributed by atoms with van der Waals surface area (Å²) >= 11 is 0. The molecule has 140 valence electrons. The van der Waals surface area contributed by atoms with Crippen LogP contribution in [0.15, 0.2) is 18.2 Å². The van der Waals surface area contributed by atoms with Gasteiger partial charge in [-0.1, -0.05) is 6.07 Å². The fourth-order valence-corrected chi connectivity index (χ4v) is 3.60. The summed E-state index contributed by atoms with van der Waals surface area (Å²) < 4.78 is 4.99. The SMILES string of the molecule is CCOC(=O)c1n[nH]c2c1CCN(c1ccc3c(c1)C(=O)N(C)CC3)C2=O. The number of hydrogen-bond donors (Lipinski definition) is 1. The number of hydrogen-bond acceptors (Lipinski definition) is 5. The maximum Gasteiger partial charge on any atom is 0.359 e. The lowest BCUT2D eigenvalue weighted by atomic mass is 9.97. The van der Waals surface area contributed by atoms with Gasteiger partial charge in [-0.05, 0) is 37.5 Å². The van der Waals surface area contributed by atoms with Gasteiger partial charge in [-0.3, -0.25) is 14.7 Å². The molecule has 2 aromatic rings. The van der Waals surface area contributed by atoms with Crippen LogP contribution in [-0.2, 0) is 17.6 Å². The number of aromatic nitrogens is 2. The van der Waals surface area contributed by atoms with Crippen molar-refractivity contribution in [2.75, 3.05) is 31.6 Å². The number of nitrogens with zero attached hydrogens (tertiary/aromatic N) is 3. The van der Waals surface area contributed by atoms with E-state index in [1.54, 1.807) is 29.8 Å². The second-order valence-electron chi connectivity index (χ2n) is 6.67. The van der Waals surface area contributed by atoms with Gasteiger partial charge in [-0.2, -0.15) is 5.10 Å². The van der Waals surface area contributed by atoms with Gasteiger partial charge in [0.1, 0.15) is 5.69 Å². The van der Waals surface area contributed by atoms with Crippen LogP contribution in [0.3, 0.4) is 0 Å². The summed E-state index contributed by atoms with van der Waals surface area (Å²) in [4.78, 5) is 40.6. The maximum absolute atomic E-state index is 12.9. The molecule has 4 rings (SSSR count). The zero-order chi connectivity index (χ0) is 19.1. The summed E-state index contributed by atoms with van der Waals surface area (Å²) in [5, 5.41) is 6.66. The molecule has 1 aromatic carbocycles. The van der Waals surface area contributed by atoms with Gasteiger partial charge in [-0.15, -0.1) is 0 Å². The van der Waals surface area contributed by atoms with Gasteiger partial charge in [0.25, 0.3) is 11.8 Å². The van der Waals surface area contributed by atoms with Gasteiger partial charge in [0, 0.05) is 37.0 Å². The highest BCUT2D eigenvalue weighted by molar-refractivity contribution is 6.09. The Hall–Kier alpha value is -3.16. The van der Waals surface area contributed by atoms with Crippen LogP contribution >= 0.6 is 0 Å². The van der Waals surface area contributed by atoms with Gasteiger partial charge in [-0.25, -0.2) is 4.79 Å². The number of carbonyl (C=O) groups excluding carboxylic acids is 3. The van der Waals surface area contributed by atoms with E-state index in [9.17, 15) is 14.4 Å². The van der Waals surface area contributed by atoms with E-state index < -0.39 is 5.97 Å². The topological polar surface area (TPSA) is 95.6 Å². The number of benzene rings is 1. The molecule has 0 radical (unpaired) electrons. The minimum Gasteiger partial charge on any atom is -0.461 e. The van der Waals surface area contributed by atoms with Crippen molar-refractivity contribution in [3.05, 3.63) is 46.3 Å². The summed E-state index contributed by atoms with van der Waals surface area (Å²) in [7, 11) is 1.78. The molecule has 1 aromatic heterocycles. The predicted octanol–water partition coefficient (Wildman–Crippen LogP) is 1.42. The van der Waals surface area contributed by atoms with Crippen LogP contribution in [0.2, 0.25) is 0 Å². The minimum absolute atomic E-state index is 0.0330. The lowest BCUT2D eigenvalue weighted by molar-refractivity contribution is 0.0518. The van der Waals surface area contributed by atoms with Crippen molar-refractivity contribution in [1.82, 2.24) is 15.1 Å². The largest absolute Gasteiger partial charge is 0.461 e. The van der Waals surface area contributed by atoms with E-state index in [0.717, 1.165) is 12.0 Å². The Balaban J connectivity index is 1.65. The van der Waals surface area contributed by atoms with Crippen LogP contribution < -0.4 is 4.90 Å². The quantitative estimate of drug-likeness (QED) is 0.827. The average molecular weight is 368 g/mol. The molecule has 0 atom stereocenters. The molecule has 0 saturated carbocycles. The van der Waals surface area contributed by atoms with Crippen molar-refractivity contribution in [1.29, 1.82) is 0 Å². The molecular formula is C19H20N4O4. The van der Waals surface area contributed by atoms with E-state index >= 15 is 0 Å².